The van der Waals surface area contributed by atoms with Crippen LogP contribution in [0.4, 0.5) is 10.3 Å². The van der Waals surface area contributed by atoms with Crippen molar-refractivity contribution in [1.82, 2.24) is 14.9 Å². The molecule has 0 bridgehead atoms. The lowest BCUT2D eigenvalue weighted by atomic mass is 9.96. The lowest BCUT2D eigenvalue weighted by Gasteiger charge is -2.30. The van der Waals surface area contributed by atoms with Crippen LogP contribution < -0.4 is 14.4 Å². The van der Waals surface area contributed by atoms with E-state index in [2.05, 4.69) is 25.8 Å². The maximum absolute atomic E-state index is 14.7. The van der Waals surface area contributed by atoms with Crippen molar-refractivity contribution in [3.05, 3.63) is 100 Å². The van der Waals surface area contributed by atoms with Crippen molar-refractivity contribution in [2.45, 2.75) is 70.0 Å². The van der Waals surface area contributed by atoms with Crippen molar-refractivity contribution in [3.63, 3.8) is 0 Å². The molecule has 3 aromatic carbocycles. The summed E-state index contributed by atoms with van der Waals surface area (Å²) in [5.74, 6) is 1.63. The number of halogens is 2. The summed E-state index contributed by atoms with van der Waals surface area (Å²) >= 11 is 6.88. The van der Waals surface area contributed by atoms with Crippen molar-refractivity contribution in [2.24, 2.45) is 0 Å². The molecular weight excluding hydrogens is 619 g/mol. The Morgan fingerprint density at radius 2 is 1.53 bits per heavy atom. The predicted octanol–water partition coefficient (Wildman–Crippen LogP) is 6.50. The van der Waals surface area contributed by atoms with Crippen molar-refractivity contribution in [2.75, 3.05) is 31.1 Å². The van der Waals surface area contributed by atoms with Gasteiger partial charge in [-0.2, -0.15) is 0 Å². The second-order valence-electron chi connectivity index (χ2n) is 12.8. The molecule has 4 aromatic rings. The van der Waals surface area contributed by atoms with E-state index in [4.69, 9.17) is 21.1 Å². The number of ether oxygens (including phenoxy) is 2. The van der Waals surface area contributed by atoms with Gasteiger partial charge in [-0.05, 0) is 67.3 Å². The number of rotatable bonds is 9. The third-order valence-corrected chi connectivity index (χ3v) is 9.84. The topological polar surface area (TPSA) is 91.2 Å². The molecule has 8 nitrogen and oxygen atoms in total. The molecule has 1 aliphatic carbocycles. The Morgan fingerprint density at radius 3 is 2.28 bits per heavy atom. The zero-order valence-electron chi connectivity index (χ0n) is 26.3. The number of fused-ring (bicyclic) bond motifs is 1. The lowest BCUT2D eigenvalue weighted by Crippen LogP contribution is -2.36. The Bertz CT molecular complexity index is 1690. The molecule has 2 aliphatic heterocycles. The standard InChI is InChI=1S/C37H40ClFN4O4/c38-32-18-25(22-42-14-10-26(44)11-15-42)35(46-23-24-20-40-37(41-21-24)43-16-12-27(45)13-17-43)19-36(32)47-34-9-8-29-28(5-3-6-31(29)34)30-4-1-2-7-33(30)39/h1-7,18-21,26-27,34,44-45H,8-17,22-23H2/t34-/m0/s1. The van der Waals surface area contributed by atoms with E-state index in [0.717, 1.165) is 79.7 Å². The molecule has 0 spiro atoms. The number of anilines is 1. The smallest absolute Gasteiger partial charge is 0.225 e. The molecule has 0 amide bonds. The number of benzene rings is 3. The number of aliphatic hydroxyl groups is 2. The molecule has 3 heterocycles. The van der Waals surface area contributed by atoms with Crippen LogP contribution in [0.5, 0.6) is 11.5 Å². The van der Waals surface area contributed by atoms with Gasteiger partial charge >= 0.3 is 0 Å². The summed E-state index contributed by atoms with van der Waals surface area (Å²) in [4.78, 5) is 13.5. The first-order valence-corrected chi connectivity index (χ1v) is 16.9. The van der Waals surface area contributed by atoms with Gasteiger partial charge < -0.3 is 24.6 Å². The summed E-state index contributed by atoms with van der Waals surface area (Å²) < 4.78 is 27.7. The zero-order valence-corrected chi connectivity index (χ0v) is 27.1. The fourth-order valence-electron chi connectivity index (χ4n) is 6.88. The molecule has 1 atom stereocenters. The molecule has 2 N–H and O–H groups in total. The number of hydrogen-bond donors (Lipinski definition) is 2. The molecule has 10 heteroatoms. The molecule has 2 saturated heterocycles. The van der Waals surface area contributed by atoms with Crippen molar-refractivity contribution < 1.29 is 24.1 Å². The van der Waals surface area contributed by atoms with Crippen LogP contribution in [0.1, 0.15) is 60.5 Å². The van der Waals surface area contributed by atoms with E-state index < -0.39 is 0 Å². The third-order valence-electron chi connectivity index (χ3n) is 9.55. The highest BCUT2D eigenvalue weighted by molar-refractivity contribution is 6.32. The second-order valence-corrected chi connectivity index (χ2v) is 13.2. The number of piperidine rings is 2. The van der Waals surface area contributed by atoms with Crippen LogP contribution >= 0.6 is 11.6 Å². The summed E-state index contributed by atoms with van der Waals surface area (Å²) in [6, 6.07) is 16.7. The molecule has 3 aliphatic rings. The van der Waals surface area contributed by atoms with E-state index in [0.29, 0.717) is 47.4 Å². The van der Waals surface area contributed by atoms with Gasteiger partial charge in [-0.25, -0.2) is 14.4 Å². The number of nitrogens with zero attached hydrogens (tertiary/aromatic N) is 4. The first kappa shape index (κ1) is 31.8. The highest BCUT2D eigenvalue weighted by atomic mass is 35.5. The monoisotopic (exact) mass is 658 g/mol. The summed E-state index contributed by atoms with van der Waals surface area (Å²) in [6.07, 6.45) is 7.27. The van der Waals surface area contributed by atoms with Gasteiger partial charge in [-0.1, -0.05) is 48.0 Å². The fourth-order valence-corrected chi connectivity index (χ4v) is 7.11. The maximum Gasteiger partial charge on any atom is 0.225 e. The van der Waals surface area contributed by atoms with Gasteiger partial charge in [0, 0.05) is 67.9 Å². The average Bonchev–Trinajstić information content (AvgIpc) is 3.50. The fraction of sp³-hybridized carbons (Fsp3) is 0.405. The van der Waals surface area contributed by atoms with E-state index in [1.54, 1.807) is 18.5 Å². The van der Waals surface area contributed by atoms with Gasteiger partial charge in [0.2, 0.25) is 5.95 Å². The minimum atomic E-state index is -0.257. The van der Waals surface area contributed by atoms with Crippen molar-refractivity contribution >= 4 is 17.5 Å². The van der Waals surface area contributed by atoms with E-state index in [9.17, 15) is 14.6 Å². The van der Waals surface area contributed by atoms with Gasteiger partial charge in [0.05, 0.1) is 17.2 Å². The molecule has 7 rings (SSSR count). The van der Waals surface area contributed by atoms with Gasteiger partial charge in [0.1, 0.15) is 30.0 Å². The van der Waals surface area contributed by atoms with Gasteiger partial charge in [-0.3, -0.25) is 4.90 Å². The number of hydrogen-bond acceptors (Lipinski definition) is 8. The Hall–Kier alpha value is -3.76. The zero-order chi connectivity index (χ0) is 32.3. The summed E-state index contributed by atoms with van der Waals surface area (Å²) in [5.41, 5.74) is 5.41. The summed E-state index contributed by atoms with van der Waals surface area (Å²) in [7, 11) is 0. The molecule has 0 unspecified atom stereocenters. The first-order valence-electron chi connectivity index (χ1n) is 16.5. The van der Waals surface area contributed by atoms with E-state index >= 15 is 0 Å². The van der Waals surface area contributed by atoms with Gasteiger partial charge in [-0.15, -0.1) is 0 Å². The number of aromatic nitrogens is 2. The van der Waals surface area contributed by atoms with E-state index in [-0.39, 0.29) is 30.7 Å². The van der Waals surface area contributed by atoms with E-state index in [1.807, 2.05) is 36.4 Å². The normalized spacial score (nSPS) is 19.1. The lowest BCUT2D eigenvalue weighted by molar-refractivity contribution is 0.0787. The SMILES string of the molecule is OC1CCN(Cc2cc(Cl)c(O[C@H]3CCc4c(-c5ccccc5F)cccc43)cc2OCc2cnc(N3CCC(O)CC3)nc2)CC1. The summed E-state index contributed by atoms with van der Waals surface area (Å²) in [5, 5.41) is 20.4. The van der Waals surface area contributed by atoms with Crippen LogP contribution in [0.15, 0.2) is 67.0 Å². The van der Waals surface area contributed by atoms with Gasteiger partial charge in [0.15, 0.2) is 0 Å². The second kappa shape index (κ2) is 14.2. The predicted molar refractivity (Wildman–Crippen MR) is 179 cm³/mol. The van der Waals surface area contributed by atoms with Gasteiger partial charge in [0.25, 0.3) is 0 Å². The van der Waals surface area contributed by atoms with Crippen molar-refractivity contribution in [1.29, 1.82) is 0 Å². The number of aliphatic hydroxyl groups excluding tert-OH is 2. The minimum absolute atomic E-state index is 0.228. The van der Waals surface area contributed by atoms with E-state index in [1.165, 1.54) is 6.07 Å². The minimum Gasteiger partial charge on any atom is -0.488 e. The largest absolute Gasteiger partial charge is 0.488 e. The third kappa shape index (κ3) is 7.23. The number of likely N-dealkylation sites (tertiary alicyclic amines) is 1. The molecule has 1 aromatic heterocycles. The van der Waals surface area contributed by atoms with Crippen LogP contribution in [0.2, 0.25) is 5.02 Å². The first-order chi connectivity index (χ1) is 22.9. The Kier molecular flexibility index (Phi) is 9.58. The van der Waals surface area contributed by atoms with Crippen LogP contribution in [0.25, 0.3) is 11.1 Å². The molecule has 47 heavy (non-hydrogen) atoms. The quantitative estimate of drug-likeness (QED) is 0.211. The van der Waals surface area contributed by atoms with Crippen molar-refractivity contribution in [3.8, 4) is 22.6 Å². The molecule has 0 saturated carbocycles. The van der Waals surface area contributed by atoms with Crippen LogP contribution in [-0.2, 0) is 19.6 Å². The summed E-state index contributed by atoms with van der Waals surface area (Å²) in [6.45, 7) is 3.96. The highest BCUT2D eigenvalue weighted by Gasteiger charge is 2.29. The highest BCUT2D eigenvalue weighted by Crippen LogP contribution is 2.43. The van der Waals surface area contributed by atoms with Crippen LogP contribution in [0.3, 0.4) is 0 Å². The molecule has 2 fully saturated rings. The molecule has 0 radical (unpaired) electrons. The average molecular weight is 659 g/mol. The molecular formula is C37H40ClFN4O4. The maximum atomic E-state index is 14.7. The van der Waals surface area contributed by atoms with Crippen LogP contribution in [-0.4, -0.2) is 63.5 Å². The molecule has 246 valence electrons. The Balaban J connectivity index is 1.11. The Morgan fingerprint density at radius 1 is 0.830 bits per heavy atom. The Labute approximate surface area is 279 Å². The van der Waals surface area contributed by atoms with Crippen LogP contribution in [0, 0.1) is 5.82 Å².